The van der Waals surface area contributed by atoms with Crippen LogP contribution >= 0.6 is 15.9 Å². The molecule has 0 aliphatic rings. The minimum Gasteiger partial charge on any atom is -0.507 e. The summed E-state index contributed by atoms with van der Waals surface area (Å²) in [5.74, 6) is -0.242. The number of para-hydroxylation sites is 1. The summed E-state index contributed by atoms with van der Waals surface area (Å²) in [5.41, 5.74) is 4.26. The number of aromatic hydroxyl groups is 1. The average Bonchev–Trinajstić information content (AvgIpc) is 3.12. The molecule has 0 saturated carbocycles. The van der Waals surface area contributed by atoms with Gasteiger partial charge < -0.3 is 9.67 Å². The predicted molar refractivity (Wildman–Crippen MR) is 96.6 cm³/mol. The molecule has 5 nitrogen and oxygen atoms in total. The first-order valence-corrected chi connectivity index (χ1v) is 7.99. The second-order valence-electron chi connectivity index (χ2n) is 5.01. The molecule has 6 heteroatoms. The molecule has 0 aliphatic heterocycles. The molecule has 2 N–H and O–H groups in total. The van der Waals surface area contributed by atoms with E-state index in [1.807, 2.05) is 41.2 Å². The first kappa shape index (κ1) is 16.0. The van der Waals surface area contributed by atoms with Crippen LogP contribution < -0.4 is 5.43 Å². The number of benzene rings is 2. The summed E-state index contributed by atoms with van der Waals surface area (Å²) in [5, 5.41) is 13.7. The number of nitrogens with zero attached hydrogens (tertiary/aromatic N) is 2. The fourth-order valence-corrected chi connectivity index (χ4v) is 2.61. The highest BCUT2D eigenvalue weighted by atomic mass is 79.9. The van der Waals surface area contributed by atoms with E-state index in [4.69, 9.17) is 0 Å². The quantitative estimate of drug-likeness (QED) is 0.532. The topological polar surface area (TPSA) is 66.6 Å². The number of amides is 1. The fourth-order valence-electron chi connectivity index (χ4n) is 2.24. The fraction of sp³-hybridized carbons (Fsp3) is 0. The number of aromatic nitrogens is 1. The number of halogens is 1. The largest absolute Gasteiger partial charge is 0.507 e. The summed E-state index contributed by atoms with van der Waals surface area (Å²) in [6.07, 6.45) is 5.14. The standard InChI is InChI=1S/C18H14BrN3O2/c19-14-7-8-17(23)13(11-14)12-20-21-18(24)15-5-1-2-6-16(15)22-9-3-4-10-22/h1-12,23H,(H,21,24)/b20-12+. The van der Waals surface area contributed by atoms with Gasteiger partial charge in [0.15, 0.2) is 0 Å². The van der Waals surface area contributed by atoms with Crippen LogP contribution in [0.3, 0.4) is 0 Å². The van der Waals surface area contributed by atoms with Gasteiger partial charge >= 0.3 is 0 Å². The Balaban J connectivity index is 1.79. The van der Waals surface area contributed by atoms with Gasteiger partial charge in [-0.05, 0) is 42.5 Å². The summed E-state index contributed by atoms with van der Waals surface area (Å²) in [6.45, 7) is 0. The van der Waals surface area contributed by atoms with Crippen molar-refractivity contribution in [1.29, 1.82) is 0 Å². The maximum Gasteiger partial charge on any atom is 0.273 e. The van der Waals surface area contributed by atoms with Crippen molar-refractivity contribution in [2.45, 2.75) is 0 Å². The van der Waals surface area contributed by atoms with Gasteiger partial charge in [-0.25, -0.2) is 5.43 Å². The molecular weight excluding hydrogens is 370 g/mol. The Kier molecular flexibility index (Phi) is 4.77. The third-order valence-electron chi connectivity index (χ3n) is 3.39. The molecule has 0 spiro atoms. The van der Waals surface area contributed by atoms with Gasteiger partial charge in [-0.1, -0.05) is 28.1 Å². The smallest absolute Gasteiger partial charge is 0.273 e. The van der Waals surface area contributed by atoms with Gasteiger partial charge in [0, 0.05) is 22.4 Å². The van der Waals surface area contributed by atoms with Crippen LogP contribution in [0.15, 0.2) is 76.6 Å². The molecule has 3 rings (SSSR count). The molecule has 0 atom stereocenters. The number of rotatable bonds is 4. The number of carbonyl (C=O) groups excluding carboxylic acids is 1. The molecule has 0 unspecified atom stereocenters. The van der Waals surface area contributed by atoms with Gasteiger partial charge in [0.2, 0.25) is 0 Å². The van der Waals surface area contributed by atoms with Crippen LogP contribution in [0.1, 0.15) is 15.9 Å². The highest BCUT2D eigenvalue weighted by molar-refractivity contribution is 9.10. The minimum absolute atomic E-state index is 0.0870. The SMILES string of the molecule is O=C(N/N=C/c1cc(Br)ccc1O)c1ccccc1-n1cccc1. The molecule has 120 valence electrons. The Bertz CT molecular complexity index is 889. The van der Waals surface area contributed by atoms with E-state index in [9.17, 15) is 9.90 Å². The van der Waals surface area contributed by atoms with Crippen LogP contribution in [0, 0.1) is 0 Å². The molecule has 1 aromatic heterocycles. The highest BCUT2D eigenvalue weighted by Crippen LogP contribution is 2.20. The predicted octanol–water partition coefficient (Wildman–Crippen LogP) is 3.71. The lowest BCUT2D eigenvalue weighted by molar-refractivity contribution is 0.0955. The van der Waals surface area contributed by atoms with Crippen LogP contribution in [0.25, 0.3) is 5.69 Å². The summed E-state index contributed by atoms with van der Waals surface area (Å²) < 4.78 is 2.67. The van der Waals surface area contributed by atoms with Crippen molar-refractivity contribution in [2.24, 2.45) is 5.10 Å². The van der Waals surface area contributed by atoms with E-state index in [1.54, 1.807) is 30.3 Å². The van der Waals surface area contributed by atoms with Gasteiger partial charge in [0.25, 0.3) is 5.91 Å². The minimum atomic E-state index is -0.329. The van der Waals surface area contributed by atoms with E-state index in [0.717, 1.165) is 10.2 Å². The third-order valence-corrected chi connectivity index (χ3v) is 3.88. The zero-order valence-corrected chi connectivity index (χ0v) is 14.1. The van der Waals surface area contributed by atoms with E-state index < -0.39 is 0 Å². The van der Waals surface area contributed by atoms with Gasteiger partial charge in [0.05, 0.1) is 17.5 Å². The molecule has 1 amide bonds. The summed E-state index contributed by atoms with van der Waals surface area (Å²) in [6, 6.07) is 16.0. The molecule has 1 heterocycles. The molecule has 0 bridgehead atoms. The summed E-state index contributed by atoms with van der Waals surface area (Å²) in [4.78, 5) is 12.4. The number of nitrogens with one attached hydrogen (secondary N) is 1. The van der Waals surface area contributed by atoms with Crippen LogP contribution in [0.5, 0.6) is 5.75 Å². The average molecular weight is 384 g/mol. The van der Waals surface area contributed by atoms with E-state index >= 15 is 0 Å². The lowest BCUT2D eigenvalue weighted by atomic mass is 10.1. The molecule has 3 aromatic rings. The maximum atomic E-state index is 12.4. The Morgan fingerprint density at radius 2 is 1.88 bits per heavy atom. The van der Waals surface area contributed by atoms with E-state index in [1.165, 1.54) is 6.21 Å². The first-order chi connectivity index (χ1) is 11.6. The van der Waals surface area contributed by atoms with E-state index in [-0.39, 0.29) is 11.7 Å². The van der Waals surface area contributed by atoms with Crippen molar-refractivity contribution < 1.29 is 9.90 Å². The Morgan fingerprint density at radius 1 is 1.12 bits per heavy atom. The molecule has 0 saturated heterocycles. The van der Waals surface area contributed by atoms with Crippen molar-refractivity contribution in [2.75, 3.05) is 0 Å². The van der Waals surface area contributed by atoms with E-state index in [2.05, 4.69) is 26.5 Å². The number of phenols is 1. The second-order valence-corrected chi connectivity index (χ2v) is 5.93. The zero-order chi connectivity index (χ0) is 16.9. The van der Waals surface area contributed by atoms with Gasteiger partial charge in [0.1, 0.15) is 5.75 Å². The Hall–Kier alpha value is -2.86. The summed E-state index contributed by atoms with van der Waals surface area (Å²) in [7, 11) is 0. The van der Waals surface area contributed by atoms with Gasteiger partial charge in [-0.3, -0.25) is 4.79 Å². The number of hydrogen-bond acceptors (Lipinski definition) is 3. The van der Waals surface area contributed by atoms with Crippen LogP contribution in [0.4, 0.5) is 0 Å². The van der Waals surface area contributed by atoms with Crippen molar-refractivity contribution in [3.8, 4) is 11.4 Å². The van der Waals surface area contributed by atoms with Gasteiger partial charge in [-0.2, -0.15) is 5.10 Å². The normalized spacial score (nSPS) is 10.9. The monoisotopic (exact) mass is 383 g/mol. The lowest BCUT2D eigenvalue weighted by Gasteiger charge is -2.09. The molecule has 0 radical (unpaired) electrons. The van der Waals surface area contributed by atoms with Crippen molar-refractivity contribution in [1.82, 2.24) is 9.99 Å². The Morgan fingerprint density at radius 3 is 2.67 bits per heavy atom. The maximum absolute atomic E-state index is 12.4. The molecule has 0 aliphatic carbocycles. The first-order valence-electron chi connectivity index (χ1n) is 7.19. The van der Waals surface area contributed by atoms with Crippen LogP contribution in [-0.2, 0) is 0 Å². The number of carbonyl (C=O) groups is 1. The zero-order valence-electron chi connectivity index (χ0n) is 12.6. The summed E-state index contributed by atoms with van der Waals surface area (Å²) >= 11 is 3.32. The van der Waals surface area contributed by atoms with Crippen molar-refractivity contribution in [3.05, 3.63) is 82.6 Å². The Labute approximate surface area is 147 Å². The van der Waals surface area contributed by atoms with Crippen molar-refractivity contribution in [3.63, 3.8) is 0 Å². The van der Waals surface area contributed by atoms with Gasteiger partial charge in [-0.15, -0.1) is 0 Å². The van der Waals surface area contributed by atoms with Crippen LogP contribution in [0.2, 0.25) is 0 Å². The van der Waals surface area contributed by atoms with Crippen molar-refractivity contribution >= 4 is 28.1 Å². The number of phenolic OH excluding ortho intramolecular Hbond substituents is 1. The molecular formula is C18H14BrN3O2. The second kappa shape index (κ2) is 7.14. The molecule has 0 fully saturated rings. The number of hydrogen-bond donors (Lipinski definition) is 2. The number of hydrazone groups is 1. The molecule has 24 heavy (non-hydrogen) atoms. The lowest BCUT2D eigenvalue weighted by Crippen LogP contribution is -2.19. The molecule has 2 aromatic carbocycles. The van der Waals surface area contributed by atoms with E-state index in [0.29, 0.717) is 11.1 Å². The highest BCUT2D eigenvalue weighted by Gasteiger charge is 2.11. The third kappa shape index (κ3) is 3.55. The van der Waals surface area contributed by atoms with Crippen LogP contribution in [-0.4, -0.2) is 21.8 Å².